The number of amides is 2. The van der Waals surface area contributed by atoms with Gasteiger partial charge in [0.15, 0.2) is 17.4 Å². The van der Waals surface area contributed by atoms with Crippen LogP contribution in [0.3, 0.4) is 0 Å². The average Bonchev–Trinajstić information content (AvgIpc) is 2.94. The Bertz CT molecular complexity index is 1240. The third kappa shape index (κ3) is 7.08. The minimum atomic E-state index is -1.55. The molecule has 2 N–H and O–H groups in total. The molecule has 3 aliphatic rings. The van der Waals surface area contributed by atoms with Crippen molar-refractivity contribution in [2.24, 2.45) is 5.41 Å². The van der Waals surface area contributed by atoms with E-state index in [0.29, 0.717) is 17.4 Å². The number of rotatable bonds is 11. The second kappa shape index (κ2) is 12.2. The highest BCUT2D eigenvalue weighted by Crippen LogP contribution is 2.52. The van der Waals surface area contributed by atoms with Crippen LogP contribution in [-0.2, 0) is 11.3 Å². The molecule has 0 spiro atoms. The van der Waals surface area contributed by atoms with Gasteiger partial charge in [-0.2, -0.15) is 4.39 Å². The summed E-state index contributed by atoms with van der Waals surface area (Å²) in [5.41, 5.74) is -1.22. The van der Waals surface area contributed by atoms with Crippen LogP contribution in [0.1, 0.15) is 88.1 Å². The Labute approximate surface area is 239 Å². The Hall–Kier alpha value is -3.43. The number of nitrogens with one attached hydrogen (secondary N) is 2. The highest BCUT2D eigenvalue weighted by molar-refractivity contribution is 5.94. The van der Waals surface area contributed by atoms with E-state index in [2.05, 4.69) is 10.6 Å². The number of methoxy groups -OCH3 is 1. The summed E-state index contributed by atoms with van der Waals surface area (Å²) in [6.45, 7) is 5.88. The molecule has 0 atom stereocenters. The largest absolute Gasteiger partial charge is 0.497 e. The molecule has 0 aromatic heterocycles. The maximum absolute atomic E-state index is 14.9. The Morgan fingerprint density at radius 1 is 0.976 bits per heavy atom. The van der Waals surface area contributed by atoms with Crippen molar-refractivity contribution in [3.05, 3.63) is 58.9 Å². The van der Waals surface area contributed by atoms with E-state index < -0.39 is 46.4 Å². The molecule has 0 unspecified atom stereocenters. The van der Waals surface area contributed by atoms with Gasteiger partial charge >= 0.3 is 6.09 Å². The molecule has 2 amide bonds. The van der Waals surface area contributed by atoms with Crippen LogP contribution >= 0.6 is 0 Å². The molecule has 2 aromatic rings. The van der Waals surface area contributed by atoms with Gasteiger partial charge in [-0.1, -0.05) is 25.5 Å². The van der Waals surface area contributed by atoms with E-state index in [4.69, 9.17) is 14.2 Å². The van der Waals surface area contributed by atoms with Gasteiger partial charge in [0, 0.05) is 12.1 Å². The first-order valence-corrected chi connectivity index (χ1v) is 14.1. The van der Waals surface area contributed by atoms with Gasteiger partial charge in [0.05, 0.1) is 12.7 Å². The zero-order valence-corrected chi connectivity index (χ0v) is 24.1. The van der Waals surface area contributed by atoms with Crippen molar-refractivity contribution >= 4 is 12.0 Å². The quantitative estimate of drug-likeness (QED) is 0.287. The van der Waals surface area contributed by atoms with Crippen molar-refractivity contribution in [3.8, 4) is 11.5 Å². The highest BCUT2D eigenvalue weighted by Gasteiger charge is 2.49. The molecule has 224 valence electrons. The summed E-state index contributed by atoms with van der Waals surface area (Å²) in [5, 5.41) is 5.78. The molecule has 0 radical (unpaired) electrons. The Kier molecular flexibility index (Phi) is 9.09. The lowest BCUT2D eigenvalue weighted by Gasteiger charge is -2.53. The number of carbonyl (C=O) groups is 2. The van der Waals surface area contributed by atoms with Crippen LogP contribution in [0.2, 0.25) is 0 Å². The summed E-state index contributed by atoms with van der Waals surface area (Å²) in [7, 11) is 1.51. The number of hydrogen-bond acceptors (Lipinski definition) is 5. The van der Waals surface area contributed by atoms with Crippen LogP contribution in [0.5, 0.6) is 11.5 Å². The summed E-state index contributed by atoms with van der Waals surface area (Å²) in [6, 6.07) is 7.30. The molecule has 3 aliphatic carbocycles. The molecule has 7 nitrogen and oxygen atoms in total. The maximum atomic E-state index is 14.9. The SMILES string of the molecule is CCCC(C)(C)OC(=O)NC12CCC(CNC(=O)c3cc(F)c(OCc4ccc(OC)cc4)c(F)c3F)(CC1)CC2. The lowest BCUT2D eigenvalue weighted by atomic mass is 9.57. The van der Waals surface area contributed by atoms with Crippen LogP contribution in [0, 0.1) is 22.9 Å². The monoisotopic (exact) mass is 576 g/mol. The number of benzene rings is 2. The van der Waals surface area contributed by atoms with Crippen molar-refractivity contribution in [2.75, 3.05) is 13.7 Å². The summed E-state index contributed by atoms with van der Waals surface area (Å²) >= 11 is 0. The fourth-order valence-electron chi connectivity index (χ4n) is 5.98. The fourth-order valence-corrected chi connectivity index (χ4v) is 5.98. The van der Waals surface area contributed by atoms with Gasteiger partial charge in [0.1, 0.15) is 18.0 Å². The summed E-state index contributed by atoms with van der Waals surface area (Å²) in [4.78, 5) is 25.4. The molecule has 2 bridgehead atoms. The van der Waals surface area contributed by atoms with Crippen LogP contribution in [0.25, 0.3) is 0 Å². The first-order chi connectivity index (χ1) is 19.4. The summed E-state index contributed by atoms with van der Waals surface area (Å²) < 4.78 is 60.3. The molecule has 2 aromatic carbocycles. The smallest absolute Gasteiger partial charge is 0.408 e. The number of carbonyl (C=O) groups excluding carboxylic acids is 2. The number of alkyl carbamates (subject to hydrolysis) is 1. The first kappa shape index (κ1) is 30.5. The predicted molar refractivity (Wildman–Crippen MR) is 147 cm³/mol. The van der Waals surface area contributed by atoms with E-state index in [1.807, 2.05) is 20.8 Å². The van der Waals surface area contributed by atoms with E-state index >= 15 is 0 Å². The van der Waals surface area contributed by atoms with E-state index in [0.717, 1.165) is 51.4 Å². The third-order valence-corrected chi connectivity index (χ3v) is 8.52. The Morgan fingerprint density at radius 3 is 2.20 bits per heavy atom. The molecule has 0 heterocycles. The molecular formula is C31H39F3N2O5. The predicted octanol–water partition coefficient (Wildman–Crippen LogP) is 6.82. The van der Waals surface area contributed by atoms with Gasteiger partial charge in [-0.25, -0.2) is 13.6 Å². The van der Waals surface area contributed by atoms with Crippen molar-refractivity contribution in [1.82, 2.24) is 10.6 Å². The second-order valence-electron chi connectivity index (χ2n) is 12.0. The van der Waals surface area contributed by atoms with Crippen molar-refractivity contribution in [3.63, 3.8) is 0 Å². The van der Waals surface area contributed by atoms with Gasteiger partial charge < -0.3 is 24.8 Å². The molecule has 41 heavy (non-hydrogen) atoms. The number of halogens is 3. The van der Waals surface area contributed by atoms with E-state index in [1.54, 1.807) is 24.3 Å². The van der Waals surface area contributed by atoms with Crippen molar-refractivity contribution in [1.29, 1.82) is 0 Å². The lowest BCUT2D eigenvalue weighted by Crippen LogP contribution is -2.59. The normalized spacial score (nSPS) is 21.7. The van der Waals surface area contributed by atoms with Gasteiger partial charge in [0.25, 0.3) is 5.91 Å². The van der Waals surface area contributed by atoms with Crippen LogP contribution < -0.4 is 20.1 Å². The zero-order chi connectivity index (χ0) is 29.8. The Morgan fingerprint density at radius 2 is 1.61 bits per heavy atom. The lowest BCUT2D eigenvalue weighted by molar-refractivity contribution is -0.00234. The summed E-state index contributed by atoms with van der Waals surface area (Å²) in [6.07, 6.45) is 5.68. The highest BCUT2D eigenvalue weighted by atomic mass is 19.2. The van der Waals surface area contributed by atoms with Gasteiger partial charge in [0.2, 0.25) is 5.82 Å². The minimum Gasteiger partial charge on any atom is -0.497 e. The number of ether oxygens (including phenoxy) is 3. The number of fused-ring (bicyclic) bond motifs is 3. The zero-order valence-electron chi connectivity index (χ0n) is 24.1. The van der Waals surface area contributed by atoms with Gasteiger partial charge in [-0.05, 0) is 88.0 Å². The average molecular weight is 577 g/mol. The van der Waals surface area contributed by atoms with E-state index in [9.17, 15) is 22.8 Å². The molecule has 10 heteroatoms. The Balaban J connectivity index is 1.33. The number of hydrogen-bond donors (Lipinski definition) is 2. The van der Waals surface area contributed by atoms with Gasteiger partial charge in [-0.3, -0.25) is 4.79 Å². The second-order valence-corrected chi connectivity index (χ2v) is 12.0. The molecule has 3 fully saturated rings. The standard InChI is InChI=1S/C31H39F3N2O5/c1-5-10-29(2,3)41-28(38)36-31-14-11-30(12-15-31,13-16-31)19-35-27(37)22-17-23(32)26(25(34)24(22)33)40-18-20-6-8-21(39-4)9-7-20/h6-9,17H,5,10-16,18-19H2,1-4H3,(H,35,37)(H,36,38). The van der Waals surface area contributed by atoms with E-state index in [-0.39, 0.29) is 24.1 Å². The molecule has 0 saturated heterocycles. The molecule has 0 aliphatic heterocycles. The first-order valence-electron chi connectivity index (χ1n) is 14.1. The van der Waals surface area contributed by atoms with Crippen molar-refractivity contribution in [2.45, 2.75) is 89.9 Å². The fraction of sp³-hybridized carbons (Fsp3) is 0.548. The molecule has 5 rings (SSSR count). The van der Waals surface area contributed by atoms with E-state index in [1.165, 1.54) is 7.11 Å². The molecule has 3 saturated carbocycles. The maximum Gasteiger partial charge on any atom is 0.408 e. The molecular weight excluding hydrogens is 537 g/mol. The minimum absolute atomic E-state index is 0.199. The van der Waals surface area contributed by atoms with Crippen LogP contribution in [0.15, 0.2) is 30.3 Å². The summed E-state index contributed by atoms with van der Waals surface area (Å²) in [5.74, 6) is -5.35. The third-order valence-electron chi connectivity index (χ3n) is 8.52. The van der Waals surface area contributed by atoms with Gasteiger partial charge in [-0.15, -0.1) is 0 Å². The topological polar surface area (TPSA) is 85.9 Å². The van der Waals surface area contributed by atoms with Crippen LogP contribution in [0.4, 0.5) is 18.0 Å². The van der Waals surface area contributed by atoms with Crippen molar-refractivity contribution < 1.29 is 37.0 Å². The van der Waals surface area contributed by atoms with Crippen LogP contribution in [-0.4, -0.2) is 36.8 Å².